The first-order chi connectivity index (χ1) is 4.88. The van der Waals surface area contributed by atoms with Crippen molar-refractivity contribution in [2.45, 2.75) is 25.0 Å². The maximum absolute atomic E-state index is 10.4. The van der Waals surface area contributed by atoms with Gasteiger partial charge in [-0.1, -0.05) is 19.4 Å². The lowest BCUT2D eigenvalue weighted by molar-refractivity contribution is -0.105. The van der Waals surface area contributed by atoms with E-state index in [1.165, 1.54) is 6.42 Å². The van der Waals surface area contributed by atoms with Crippen LogP contribution in [0.2, 0.25) is 0 Å². The topological polar surface area (TPSA) is 17.1 Å². The lowest BCUT2D eigenvalue weighted by atomic mass is 10.1. The highest BCUT2D eigenvalue weighted by Crippen LogP contribution is 2.28. The summed E-state index contributed by atoms with van der Waals surface area (Å²) in [5.74, 6) is 1.03. The van der Waals surface area contributed by atoms with E-state index in [0.29, 0.717) is 5.25 Å². The Balaban J connectivity index is 2.45. The van der Waals surface area contributed by atoms with E-state index in [1.807, 2.05) is 17.8 Å². The Morgan fingerprint density at radius 1 is 1.90 bits per heavy atom. The van der Waals surface area contributed by atoms with Crippen LogP contribution in [-0.4, -0.2) is 17.3 Å². The van der Waals surface area contributed by atoms with Crippen molar-refractivity contribution in [3.63, 3.8) is 0 Å². The largest absolute Gasteiger partial charge is 0.298 e. The molecule has 1 aliphatic rings. The van der Waals surface area contributed by atoms with Crippen LogP contribution in [-0.2, 0) is 4.79 Å². The van der Waals surface area contributed by atoms with Crippen molar-refractivity contribution in [2.75, 3.05) is 5.75 Å². The molecule has 0 bridgehead atoms. The van der Waals surface area contributed by atoms with Gasteiger partial charge in [0.05, 0.1) is 0 Å². The second-order valence-corrected chi connectivity index (χ2v) is 3.67. The zero-order chi connectivity index (χ0) is 7.40. The van der Waals surface area contributed by atoms with Crippen molar-refractivity contribution in [1.82, 2.24) is 0 Å². The van der Waals surface area contributed by atoms with Crippen LogP contribution in [0.3, 0.4) is 0 Å². The first kappa shape index (κ1) is 7.86. The molecule has 1 unspecified atom stereocenters. The van der Waals surface area contributed by atoms with E-state index in [0.717, 1.165) is 24.0 Å². The Kier molecular flexibility index (Phi) is 3.00. The van der Waals surface area contributed by atoms with E-state index < -0.39 is 0 Å². The van der Waals surface area contributed by atoms with Crippen LogP contribution < -0.4 is 0 Å². The maximum Gasteiger partial charge on any atom is 0.146 e. The van der Waals surface area contributed by atoms with Crippen molar-refractivity contribution in [3.05, 3.63) is 11.6 Å². The van der Waals surface area contributed by atoms with Crippen LogP contribution in [0.5, 0.6) is 0 Å². The molecule has 0 aromatic heterocycles. The highest BCUT2D eigenvalue weighted by molar-refractivity contribution is 8.00. The van der Waals surface area contributed by atoms with Crippen molar-refractivity contribution >= 4 is 18.0 Å². The number of carbonyl (C=O) groups excluding carboxylic acids is 1. The van der Waals surface area contributed by atoms with Crippen LogP contribution in [0.25, 0.3) is 0 Å². The van der Waals surface area contributed by atoms with E-state index in [-0.39, 0.29) is 0 Å². The molecule has 0 saturated carbocycles. The van der Waals surface area contributed by atoms with Gasteiger partial charge in [-0.2, -0.15) is 0 Å². The van der Waals surface area contributed by atoms with Crippen molar-refractivity contribution < 1.29 is 4.79 Å². The molecule has 0 amide bonds. The van der Waals surface area contributed by atoms with Gasteiger partial charge in [0.15, 0.2) is 0 Å². The summed E-state index contributed by atoms with van der Waals surface area (Å²) in [7, 11) is 0. The predicted octanol–water partition coefficient (Wildman–Crippen LogP) is 2.03. The Morgan fingerprint density at radius 2 is 2.70 bits per heavy atom. The summed E-state index contributed by atoms with van der Waals surface area (Å²) in [4.78, 5) is 10.4. The molecule has 0 saturated heterocycles. The molecule has 0 aromatic rings. The molecule has 1 nitrogen and oxygen atoms in total. The minimum atomic E-state index is 0.502. The van der Waals surface area contributed by atoms with E-state index >= 15 is 0 Å². The minimum absolute atomic E-state index is 0.502. The monoisotopic (exact) mass is 156 g/mol. The third kappa shape index (κ3) is 1.63. The Labute approximate surface area is 65.9 Å². The van der Waals surface area contributed by atoms with Crippen LogP contribution in [0.1, 0.15) is 19.8 Å². The van der Waals surface area contributed by atoms with Crippen LogP contribution in [0.4, 0.5) is 0 Å². The van der Waals surface area contributed by atoms with Gasteiger partial charge >= 0.3 is 0 Å². The van der Waals surface area contributed by atoms with Gasteiger partial charge in [-0.05, 0) is 6.42 Å². The van der Waals surface area contributed by atoms with Gasteiger partial charge in [-0.3, -0.25) is 4.79 Å². The third-order valence-electron chi connectivity index (χ3n) is 1.68. The summed E-state index contributed by atoms with van der Waals surface area (Å²) in [5, 5.41) is 0.502. The molecule has 0 spiro atoms. The molecule has 0 fully saturated rings. The predicted molar refractivity (Wildman–Crippen MR) is 45.3 cm³/mol. The first-order valence-corrected chi connectivity index (χ1v) is 4.70. The molecule has 0 radical (unpaired) electrons. The van der Waals surface area contributed by atoms with E-state index in [9.17, 15) is 4.79 Å². The van der Waals surface area contributed by atoms with Gasteiger partial charge in [-0.25, -0.2) is 0 Å². The number of carbonyl (C=O) groups is 1. The minimum Gasteiger partial charge on any atom is -0.298 e. The summed E-state index contributed by atoms with van der Waals surface area (Å²) >= 11 is 1.88. The molecular weight excluding hydrogens is 144 g/mol. The lowest BCUT2D eigenvalue weighted by Crippen LogP contribution is -2.02. The number of hydrogen-bond acceptors (Lipinski definition) is 2. The van der Waals surface area contributed by atoms with E-state index in [2.05, 4.69) is 6.92 Å². The maximum atomic E-state index is 10.4. The number of aldehydes is 1. The second kappa shape index (κ2) is 3.81. The SMILES string of the molecule is CCCC1SCC=C1C=O. The number of thioether (sulfide) groups is 1. The average Bonchev–Trinajstić information content (AvgIpc) is 2.36. The van der Waals surface area contributed by atoms with Crippen LogP contribution >= 0.6 is 11.8 Å². The molecule has 10 heavy (non-hydrogen) atoms. The average molecular weight is 156 g/mol. The summed E-state index contributed by atoms with van der Waals surface area (Å²) in [6.45, 7) is 2.15. The van der Waals surface area contributed by atoms with Crippen molar-refractivity contribution in [2.24, 2.45) is 0 Å². The van der Waals surface area contributed by atoms with E-state index in [1.54, 1.807) is 0 Å². The Hall–Kier alpha value is -0.240. The normalized spacial score (nSPS) is 24.5. The Morgan fingerprint density at radius 3 is 3.30 bits per heavy atom. The van der Waals surface area contributed by atoms with Gasteiger partial charge in [0.1, 0.15) is 6.29 Å². The molecule has 1 rings (SSSR count). The number of rotatable bonds is 3. The Bertz CT molecular complexity index is 151. The molecule has 0 N–H and O–H groups in total. The highest BCUT2D eigenvalue weighted by Gasteiger charge is 2.17. The molecule has 1 aliphatic heterocycles. The molecule has 0 aliphatic carbocycles. The molecule has 0 aromatic carbocycles. The second-order valence-electron chi connectivity index (χ2n) is 2.43. The van der Waals surface area contributed by atoms with Crippen LogP contribution in [0.15, 0.2) is 11.6 Å². The molecule has 1 heterocycles. The van der Waals surface area contributed by atoms with Gasteiger partial charge in [0.2, 0.25) is 0 Å². The first-order valence-electron chi connectivity index (χ1n) is 3.65. The van der Waals surface area contributed by atoms with E-state index in [4.69, 9.17) is 0 Å². The van der Waals surface area contributed by atoms with Crippen molar-refractivity contribution in [1.29, 1.82) is 0 Å². The van der Waals surface area contributed by atoms with Gasteiger partial charge in [0.25, 0.3) is 0 Å². The van der Waals surface area contributed by atoms with Gasteiger partial charge in [-0.15, -0.1) is 11.8 Å². The summed E-state index contributed by atoms with van der Waals surface area (Å²) in [5.41, 5.74) is 1.01. The number of hydrogen-bond donors (Lipinski definition) is 0. The third-order valence-corrected chi connectivity index (χ3v) is 2.94. The summed E-state index contributed by atoms with van der Waals surface area (Å²) in [6.07, 6.45) is 5.36. The fourth-order valence-electron chi connectivity index (χ4n) is 1.12. The smallest absolute Gasteiger partial charge is 0.146 e. The summed E-state index contributed by atoms with van der Waals surface area (Å²) < 4.78 is 0. The van der Waals surface area contributed by atoms with Crippen molar-refractivity contribution in [3.8, 4) is 0 Å². The molecule has 56 valence electrons. The quantitative estimate of drug-likeness (QED) is 0.581. The fourth-order valence-corrected chi connectivity index (χ4v) is 2.39. The highest BCUT2D eigenvalue weighted by atomic mass is 32.2. The molecular formula is C8H12OS. The zero-order valence-electron chi connectivity index (χ0n) is 6.17. The van der Waals surface area contributed by atoms with Crippen LogP contribution in [0, 0.1) is 0 Å². The zero-order valence-corrected chi connectivity index (χ0v) is 6.99. The molecule has 2 heteroatoms. The fraction of sp³-hybridized carbons (Fsp3) is 0.625. The molecule has 1 atom stereocenters. The van der Waals surface area contributed by atoms with Gasteiger partial charge < -0.3 is 0 Å². The standard InChI is InChI=1S/C8H12OS/c1-2-3-8-7(6-9)4-5-10-8/h4,6,8H,2-3,5H2,1H3. The lowest BCUT2D eigenvalue weighted by Gasteiger charge is -2.06. The van der Waals surface area contributed by atoms with Gasteiger partial charge in [0, 0.05) is 16.6 Å². The summed E-state index contributed by atoms with van der Waals surface area (Å²) in [6, 6.07) is 0.